The minimum atomic E-state index is 0.184. The van der Waals surface area contributed by atoms with Gasteiger partial charge in [0.15, 0.2) is 0 Å². The van der Waals surface area contributed by atoms with E-state index in [0.29, 0.717) is 51.7 Å². The molecule has 1 aliphatic rings. The molecule has 1 aromatic rings. The van der Waals surface area contributed by atoms with E-state index in [9.17, 15) is 0 Å². The Hall–Kier alpha value is -2.41. The average molecular weight is 375 g/mol. The molecule has 0 saturated carbocycles. The summed E-state index contributed by atoms with van der Waals surface area (Å²) in [4.78, 5) is 9.23. The Morgan fingerprint density at radius 1 is 1.26 bits per heavy atom. The molecule has 0 aliphatic carbocycles. The summed E-state index contributed by atoms with van der Waals surface area (Å²) in [5, 5.41) is 15.6. The Labute approximate surface area is 158 Å². The topological polar surface area (TPSA) is 128 Å². The van der Waals surface area contributed by atoms with Gasteiger partial charge >= 0.3 is 0 Å². The zero-order valence-corrected chi connectivity index (χ0v) is 15.3. The lowest BCUT2D eigenvalue weighted by Gasteiger charge is -2.36. The predicted octanol–water partition coefficient (Wildman–Crippen LogP) is 1.09. The summed E-state index contributed by atoms with van der Waals surface area (Å²) in [5.74, 6) is 0.859. The van der Waals surface area contributed by atoms with Crippen LogP contribution in [0.1, 0.15) is 5.56 Å². The molecule has 146 valence electrons. The number of nitrogens with zero attached hydrogens (tertiary/aromatic N) is 6. The standard InChI is InChI=1S/C17H25N7O3/c18-11-15-1-2-17(21-12-15)24-5-3-20-13-16(24)14-27-10-9-26-8-7-25-6-4-22-23-19/h1-2,12,16,20H,3-10,13-14H2. The normalized spacial score (nSPS) is 16.6. The Bertz CT molecular complexity index is 628. The lowest BCUT2D eigenvalue weighted by molar-refractivity contribution is 0.0126. The van der Waals surface area contributed by atoms with Crippen molar-refractivity contribution >= 4 is 5.82 Å². The molecule has 1 N–H and O–H groups in total. The van der Waals surface area contributed by atoms with Crippen molar-refractivity contribution in [1.82, 2.24) is 10.3 Å². The predicted molar refractivity (Wildman–Crippen MR) is 99.4 cm³/mol. The van der Waals surface area contributed by atoms with E-state index < -0.39 is 0 Å². The number of aromatic nitrogens is 1. The molecule has 0 spiro atoms. The van der Waals surface area contributed by atoms with E-state index in [1.165, 1.54) is 0 Å². The van der Waals surface area contributed by atoms with Gasteiger partial charge in [0.1, 0.15) is 11.9 Å². The van der Waals surface area contributed by atoms with Gasteiger partial charge in [-0.25, -0.2) is 4.98 Å². The van der Waals surface area contributed by atoms with Gasteiger partial charge < -0.3 is 24.4 Å². The first kappa shape index (κ1) is 20.9. The van der Waals surface area contributed by atoms with Crippen LogP contribution in [0.25, 0.3) is 10.4 Å². The van der Waals surface area contributed by atoms with Crippen molar-refractivity contribution in [2.75, 3.05) is 70.7 Å². The fraction of sp³-hybridized carbons (Fsp3) is 0.647. The third-order valence-corrected chi connectivity index (χ3v) is 3.97. The Morgan fingerprint density at radius 3 is 2.74 bits per heavy atom. The molecule has 1 unspecified atom stereocenters. The van der Waals surface area contributed by atoms with E-state index in [4.69, 9.17) is 25.0 Å². The monoisotopic (exact) mass is 375 g/mol. The van der Waals surface area contributed by atoms with Crippen LogP contribution in [-0.4, -0.2) is 76.8 Å². The van der Waals surface area contributed by atoms with E-state index >= 15 is 0 Å². The Morgan fingerprint density at radius 2 is 2.04 bits per heavy atom. The lowest BCUT2D eigenvalue weighted by atomic mass is 10.2. The molecule has 1 atom stereocenters. The summed E-state index contributed by atoms with van der Waals surface area (Å²) in [5.41, 5.74) is 8.68. The highest BCUT2D eigenvalue weighted by molar-refractivity contribution is 5.43. The number of rotatable bonds is 12. The summed E-state index contributed by atoms with van der Waals surface area (Å²) in [7, 11) is 0. The Kier molecular flexibility index (Phi) is 9.96. The fourth-order valence-electron chi connectivity index (χ4n) is 2.64. The van der Waals surface area contributed by atoms with E-state index in [2.05, 4.69) is 31.3 Å². The fourth-order valence-corrected chi connectivity index (χ4v) is 2.64. The van der Waals surface area contributed by atoms with Crippen molar-refractivity contribution in [1.29, 1.82) is 5.26 Å². The molecule has 1 aromatic heterocycles. The van der Waals surface area contributed by atoms with Gasteiger partial charge in [-0.2, -0.15) is 5.26 Å². The van der Waals surface area contributed by atoms with Crippen LogP contribution < -0.4 is 10.2 Å². The third kappa shape index (κ3) is 7.78. The van der Waals surface area contributed by atoms with Gasteiger partial charge in [0.05, 0.1) is 51.2 Å². The third-order valence-electron chi connectivity index (χ3n) is 3.97. The maximum atomic E-state index is 8.89. The van der Waals surface area contributed by atoms with Crippen LogP contribution in [0.5, 0.6) is 0 Å². The molecule has 10 nitrogen and oxygen atoms in total. The van der Waals surface area contributed by atoms with Crippen molar-refractivity contribution in [2.24, 2.45) is 5.11 Å². The number of piperazine rings is 1. The molecule has 1 aliphatic heterocycles. The van der Waals surface area contributed by atoms with Crippen molar-refractivity contribution in [3.8, 4) is 6.07 Å². The lowest BCUT2D eigenvalue weighted by Crippen LogP contribution is -2.53. The molecular formula is C17H25N7O3. The van der Waals surface area contributed by atoms with E-state index in [-0.39, 0.29) is 6.04 Å². The van der Waals surface area contributed by atoms with Gasteiger partial charge in [0.25, 0.3) is 0 Å². The molecule has 27 heavy (non-hydrogen) atoms. The van der Waals surface area contributed by atoms with Gasteiger partial charge in [0, 0.05) is 37.3 Å². The quantitative estimate of drug-likeness (QED) is 0.251. The maximum Gasteiger partial charge on any atom is 0.128 e. The zero-order chi connectivity index (χ0) is 19.2. The second kappa shape index (κ2) is 12.9. The summed E-state index contributed by atoms with van der Waals surface area (Å²) in [6, 6.07) is 5.93. The van der Waals surface area contributed by atoms with Crippen LogP contribution >= 0.6 is 0 Å². The molecule has 0 amide bonds. The van der Waals surface area contributed by atoms with E-state index in [0.717, 1.165) is 25.5 Å². The SMILES string of the molecule is N#Cc1ccc(N2CCNCC2COCCOCCOCCN=[N+]=[N-])nc1. The molecule has 1 saturated heterocycles. The molecule has 2 heterocycles. The first-order valence-electron chi connectivity index (χ1n) is 8.92. The van der Waals surface area contributed by atoms with Crippen molar-refractivity contribution in [3.05, 3.63) is 34.3 Å². The van der Waals surface area contributed by atoms with Crippen LogP contribution in [0.15, 0.2) is 23.4 Å². The number of pyridine rings is 1. The van der Waals surface area contributed by atoms with Crippen LogP contribution in [0, 0.1) is 11.3 Å². The maximum absolute atomic E-state index is 8.89. The minimum absolute atomic E-state index is 0.184. The van der Waals surface area contributed by atoms with Gasteiger partial charge in [-0.3, -0.25) is 0 Å². The first-order chi connectivity index (χ1) is 13.3. The average Bonchev–Trinajstić information content (AvgIpc) is 2.72. The Balaban J connectivity index is 1.60. The molecule has 2 rings (SSSR count). The summed E-state index contributed by atoms with van der Waals surface area (Å²) in [6.45, 7) is 5.80. The minimum Gasteiger partial charge on any atom is -0.379 e. The van der Waals surface area contributed by atoms with Gasteiger partial charge in [-0.15, -0.1) is 0 Å². The summed E-state index contributed by atoms with van der Waals surface area (Å²) < 4.78 is 16.4. The highest BCUT2D eigenvalue weighted by Crippen LogP contribution is 2.16. The van der Waals surface area contributed by atoms with Crippen LogP contribution in [0.3, 0.4) is 0 Å². The smallest absolute Gasteiger partial charge is 0.128 e. The molecule has 0 radical (unpaired) electrons. The first-order valence-corrected chi connectivity index (χ1v) is 8.92. The second-order valence-corrected chi connectivity index (χ2v) is 5.82. The number of hydrogen-bond donors (Lipinski definition) is 1. The highest BCUT2D eigenvalue weighted by atomic mass is 16.5. The van der Waals surface area contributed by atoms with Crippen LogP contribution in [0.4, 0.5) is 5.82 Å². The number of anilines is 1. The molecular weight excluding hydrogens is 350 g/mol. The number of ether oxygens (including phenoxy) is 3. The second-order valence-electron chi connectivity index (χ2n) is 5.82. The van der Waals surface area contributed by atoms with Crippen molar-refractivity contribution < 1.29 is 14.2 Å². The molecule has 0 aromatic carbocycles. The summed E-state index contributed by atoms with van der Waals surface area (Å²) in [6.07, 6.45) is 1.60. The van der Waals surface area contributed by atoms with Crippen LogP contribution in [0.2, 0.25) is 0 Å². The van der Waals surface area contributed by atoms with Crippen LogP contribution in [-0.2, 0) is 14.2 Å². The largest absolute Gasteiger partial charge is 0.379 e. The van der Waals surface area contributed by atoms with Crippen molar-refractivity contribution in [2.45, 2.75) is 6.04 Å². The molecule has 1 fully saturated rings. The zero-order valence-electron chi connectivity index (χ0n) is 15.3. The molecule has 10 heteroatoms. The number of hydrogen-bond acceptors (Lipinski definition) is 8. The van der Waals surface area contributed by atoms with E-state index in [1.807, 2.05) is 6.07 Å². The van der Waals surface area contributed by atoms with Crippen molar-refractivity contribution in [3.63, 3.8) is 0 Å². The molecule has 0 bridgehead atoms. The van der Waals surface area contributed by atoms with Gasteiger partial charge in [-0.05, 0) is 17.7 Å². The number of nitriles is 1. The number of nitrogens with one attached hydrogen (secondary N) is 1. The van der Waals surface area contributed by atoms with Gasteiger partial charge in [-0.1, -0.05) is 5.11 Å². The summed E-state index contributed by atoms with van der Waals surface area (Å²) >= 11 is 0. The van der Waals surface area contributed by atoms with Gasteiger partial charge in [0.2, 0.25) is 0 Å². The van der Waals surface area contributed by atoms with E-state index in [1.54, 1.807) is 12.3 Å². The number of azide groups is 1. The highest BCUT2D eigenvalue weighted by Gasteiger charge is 2.23.